The quantitative estimate of drug-likeness (QED) is 0.494. The Kier molecular flexibility index (Phi) is 4.69. The van der Waals surface area contributed by atoms with Gasteiger partial charge in [0.15, 0.2) is 0 Å². The largest absolute Gasteiger partial charge is 0.497 e. The van der Waals surface area contributed by atoms with Gasteiger partial charge in [0, 0.05) is 23.6 Å². The average Bonchev–Trinajstić information content (AvgIpc) is 3.16. The van der Waals surface area contributed by atoms with Crippen LogP contribution < -0.4 is 15.8 Å². The molecule has 0 aliphatic carbocycles. The summed E-state index contributed by atoms with van der Waals surface area (Å²) < 4.78 is 5.22. The number of ether oxygens (including phenoxy) is 1. The van der Waals surface area contributed by atoms with E-state index in [2.05, 4.69) is 25.3 Å². The number of H-pyrrole nitrogens is 1. The number of carbonyl (C=O) groups excluding carboxylic acids is 1. The van der Waals surface area contributed by atoms with Crippen molar-refractivity contribution < 1.29 is 9.53 Å². The lowest BCUT2D eigenvalue weighted by Crippen LogP contribution is -2.15. The average molecular weight is 374 g/mol. The number of imidazole rings is 1. The first-order valence-electron chi connectivity index (χ1n) is 8.63. The Bertz CT molecular complexity index is 1140. The molecule has 4 aromatic rings. The minimum atomic E-state index is -0.393. The molecule has 2 heterocycles. The third-order valence-corrected chi connectivity index (χ3v) is 4.24. The number of hydrogen-bond acceptors (Lipinski definition) is 6. The number of anilines is 1. The lowest BCUT2D eigenvalue weighted by atomic mass is 10.1. The second kappa shape index (κ2) is 7.45. The summed E-state index contributed by atoms with van der Waals surface area (Å²) in [6.07, 6.45) is 3.23. The standard InChI is InChI=1S/C20H18N6O2/c1-28-15-4-2-3-12(7-15)13-10-22-19(23-11-13)20(27)24-14-5-6-16-17(8-14)26-18(9-21)25-16/h2-8,10-11H,9,21H2,1H3,(H,24,27)(H,25,26). The lowest BCUT2D eigenvalue weighted by Gasteiger charge is -2.06. The maximum atomic E-state index is 12.5. The first-order valence-corrected chi connectivity index (χ1v) is 8.63. The van der Waals surface area contributed by atoms with E-state index in [0.29, 0.717) is 18.1 Å². The number of nitrogens with two attached hydrogens (primary N) is 1. The van der Waals surface area contributed by atoms with Gasteiger partial charge in [-0.25, -0.2) is 15.0 Å². The molecule has 0 bridgehead atoms. The molecule has 2 aromatic heterocycles. The number of aromatic nitrogens is 4. The molecule has 0 aliphatic rings. The Labute approximate surface area is 160 Å². The summed E-state index contributed by atoms with van der Waals surface area (Å²) in [5.41, 5.74) is 9.50. The van der Waals surface area contributed by atoms with Crippen LogP contribution in [0.2, 0.25) is 0 Å². The van der Waals surface area contributed by atoms with Crippen LogP contribution in [0.4, 0.5) is 5.69 Å². The van der Waals surface area contributed by atoms with Crippen molar-refractivity contribution in [2.45, 2.75) is 6.54 Å². The summed E-state index contributed by atoms with van der Waals surface area (Å²) in [4.78, 5) is 28.3. The van der Waals surface area contributed by atoms with Gasteiger partial charge in [0.1, 0.15) is 11.6 Å². The van der Waals surface area contributed by atoms with Gasteiger partial charge in [0.25, 0.3) is 5.91 Å². The molecule has 0 saturated heterocycles. The highest BCUT2D eigenvalue weighted by molar-refractivity contribution is 6.02. The first-order chi connectivity index (χ1) is 13.7. The van der Waals surface area contributed by atoms with Gasteiger partial charge in [0.05, 0.1) is 24.7 Å². The summed E-state index contributed by atoms with van der Waals surface area (Å²) in [6.45, 7) is 0.323. The van der Waals surface area contributed by atoms with Gasteiger partial charge in [-0.05, 0) is 35.9 Å². The van der Waals surface area contributed by atoms with Gasteiger partial charge in [-0.2, -0.15) is 0 Å². The number of nitrogens with one attached hydrogen (secondary N) is 2. The molecule has 0 aliphatic heterocycles. The monoisotopic (exact) mass is 374 g/mol. The maximum Gasteiger partial charge on any atom is 0.293 e. The summed E-state index contributed by atoms with van der Waals surface area (Å²) in [5.74, 6) is 1.12. The number of hydrogen-bond donors (Lipinski definition) is 3. The van der Waals surface area contributed by atoms with Crippen LogP contribution in [0.5, 0.6) is 5.75 Å². The second-order valence-corrected chi connectivity index (χ2v) is 6.10. The lowest BCUT2D eigenvalue weighted by molar-refractivity contribution is 0.101. The van der Waals surface area contributed by atoms with Crippen LogP contribution in [0.1, 0.15) is 16.4 Å². The molecular formula is C20H18N6O2. The van der Waals surface area contributed by atoms with Gasteiger partial charge >= 0.3 is 0 Å². The van der Waals surface area contributed by atoms with E-state index >= 15 is 0 Å². The zero-order valence-electron chi connectivity index (χ0n) is 15.1. The number of rotatable bonds is 5. The van der Waals surface area contributed by atoms with Crippen LogP contribution in [-0.2, 0) is 6.54 Å². The van der Waals surface area contributed by atoms with Crippen LogP contribution in [-0.4, -0.2) is 33.0 Å². The Morgan fingerprint density at radius 2 is 1.96 bits per heavy atom. The molecule has 0 saturated carbocycles. The Morgan fingerprint density at radius 1 is 1.14 bits per heavy atom. The van der Waals surface area contributed by atoms with E-state index in [0.717, 1.165) is 27.9 Å². The van der Waals surface area contributed by atoms with E-state index in [4.69, 9.17) is 10.5 Å². The van der Waals surface area contributed by atoms with Gasteiger partial charge in [-0.15, -0.1) is 0 Å². The molecule has 0 fully saturated rings. The topological polar surface area (TPSA) is 119 Å². The fourth-order valence-electron chi connectivity index (χ4n) is 2.82. The third-order valence-electron chi connectivity index (χ3n) is 4.24. The van der Waals surface area contributed by atoms with Crippen LogP contribution in [0.15, 0.2) is 54.9 Å². The zero-order chi connectivity index (χ0) is 19.5. The molecule has 1 amide bonds. The predicted molar refractivity (Wildman–Crippen MR) is 106 cm³/mol. The molecule has 0 atom stereocenters. The minimum absolute atomic E-state index is 0.0824. The molecule has 0 unspecified atom stereocenters. The van der Waals surface area contributed by atoms with E-state index in [1.807, 2.05) is 30.3 Å². The number of nitrogens with zero attached hydrogens (tertiary/aromatic N) is 3. The Morgan fingerprint density at radius 3 is 2.71 bits per heavy atom. The summed E-state index contributed by atoms with van der Waals surface area (Å²) >= 11 is 0. The Hall–Kier alpha value is -3.78. The van der Waals surface area contributed by atoms with Crippen LogP contribution >= 0.6 is 0 Å². The molecule has 8 heteroatoms. The van der Waals surface area contributed by atoms with Gasteiger partial charge in [0.2, 0.25) is 5.82 Å². The van der Waals surface area contributed by atoms with Gasteiger partial charge in [-0.3, -0.25) is 4.79 Å². The number of fused-ring (bicyclic) bond motifs is 1. The number of carbonyl (C=O) groups is 1. The Balaban J connectivity index is 1.51. The highest BCUT2D eigenvalue weighted by atomic mass is 16.5. The fourth-order valence-corrected chi connectivity index (χ4v) is 2.82. The van der Waals surface area contributed by atoms with Crippen LogP contribution in [0.3, 0.4) is 0 Å². The van der Waals surface area contributed by atoms with Crippen molar-refractivity contribution in [2.75, 3.05) is 12.4 Å². The molecule has 0 spiro atoms. The third kappa shape index (κ3) is 3.53. The van der Waals surface area contributed by atoms with Crippen LogP contribution in [0, 0.1) is 0 Å². The number of amides is 1. The molecule has 4 N–H and O–H groups in total. The van der Waals surface area contributed by atoms with Gasteiger partial charge < -0.3 is 20.8 Å². The molecular weight excluding hydrogens is 356 g/mol. The maximum absolute atomic E-state index is 12.5. The highest BCUT2D eigenvalue weighted by Gasteiger charge is 2.11. The number of benzene rings is 2. The van der Waals surface area contributed by atoms with Crippen molar-refractivity contribution in [1.29, 1.82) is 0 Å². The van der Waals surface area contributed by atoms with Gasteiger partial charge in [-0.1, -0.05) is 12.1 Å². The number of methoxy groups -OCH3 is 1. The van der Waals surface area contributed by atoms with Crippen molar-refractivity contribution in [3.63, 3.8) is 0 Å². The molecule has 8 nitrogen and oxygen atoms in total. The van der Waals surface area contributed by atoms with Crippen molar-refractivity contribution in [2.24, 2.45) is 5.73 Å². The van der Waals surface area contributed by atoms with E-state index < -0.39 is 5.91 Å². The first kappa shape index (κ1) is 17.6. The molecule has 4 rings (SSSR count). The fraction of sp³-hybridized carbons (Fsp3) is 0.100. The van der Waals surface area contributed by atoms with Crippen molar-refractivity contribution in [1.82, 2.24) is 19.9 Å². The van der Waals surface area contributed by atoms with E-state index in [1.54, 1.807) is 31.6 Å². The molecule has 140 valence electrons. The van der Waals surface area contributed by atoms with E-state index in [9.17, 15) is 4.79 Å². The summed E-state index contributed by atoms with van der Waals surface area (Å²) in [5, 5.41) is 2.79. The zero-order valence-corrected chi connectivity index (χ0v) is 15.1. The summed E-state index contributed by atoms with van der Waals surface area (Å²) in [7, 11) is 1.61. The van der Waals surface area contributed by atoms with E-state index in [-0.39, 0.29) is 5.82 Å². The normalized spacial score (nSPS) is 10.8. The smallest absolute Gasteiger partial charge is 0.293 e. The van der Waals surface area contributed by atoms with E-state index in [1.165, 1.54) is 0 Å². The van der Waals surface area contributed by atoms with Crippen molar-refractivity contribution >= 4 is 22.6 Å². The number of aromatic amines is 1. The van der Waals surface area contributed by atoms with Crippen molar-refractivity contribution in [3.8, 4) is 16.9 Å². The summed E-state index contributed by atoms with van der Waals surface area (Å²) in [6, 6.07) is 12.9. The van der Waals surface area contributed by atoms with Crippen molar-refractivity contribution in [3.05, 3.63) is 66.5 Å². The minimum Gasteiger partial charge on any atom is -0.497 e. The predicted octanol–water partition coefficient (Wildman–Crippen LogP) is 2.74. The second-order valence-electron chi connectivity index (χ2n) is 6.10. The SMILES string of the molecule is COc1cccc(-c2cnc(C(=O)Nc3ccc4nc(CN)[nH]c4c3)nc2)c1. The molecule has 2 aromatic carbocycles. The highest BCUT2D eigenvalue weighted by Crippen LogP contribution is 2.23. The molecule has 28 heavy (non-hydrogen) atoms. The molecule has 0 radical (unpaired) electrons. The van der Waals surface area contributed by atoms with Crippen LogP contribution in [0.25, 0.3) is 22.2 Å².